The van der Waals surface area contributed by atoms with Gasteiger partial charge in [-0.15, -0.1) is 0 Å². The zero-order valence-electron chi connectivity index (χ0n) is 11.4. The number of hydrogen-bond acceptors (Lipinski definition) is 3. The van der Waals surface area contributed by atoms with Crippen molar-refractivity contribution in [2.75, 3.05) is 25.5 Å². The van der Waals surface area contributed by atoms with Crippen LogP contribution in [-0.4, -0.2) is 31.1 Å². The normalized spacial score (nSPS) is 17.7. The molecule has 1 aliphatic rings. The zero-order chi connectivity index (χ0) is 13.1. The number of anilines is 1. The largest absolute Gasteiger partial charge is 0.384 e. The predicted octanol–water partition coefficient (Wildman–Crippen LogP) is 2.80. The summed E-state index contributed by atoms with van der Waals surface area (Å²) in [4.78, 5) is 2.35. The van der Waals surface area contributed by atoms with E-state index in [9.17, 15) is 5.26 Å². The van der Waals surface area contributed by atoms with Crippen molar-refractivity contribution < 1.29 is 0 Å². The van der Waals surface area contributed by atoms with E-state index in [1.807, 2.05) is 12.1 Å². The van der Waals surface area contributed by atoms with Crippen molar-refractivity contribution in [1.29, 1.82) is 5.26 Å². The van der Waals surface area contributed by atoms with Gasteiger partial charge in [0, 0.05) is 24.2 Å². The number of nitrogens with zero attached hydrogens (tertiary/aromatic N) is 2. The van der Waals surface area contributed by atoms with Gasteiger partial charge in [-0.25, -0.2) is 0 Å². The second-order valence-corrected chi connectivity index (χ2v) is 5.32. The molecule has 0 radical (unpaired) electrons. The van der Waals surface area contributed by atoms with E-state index in [2.05, 4.69) is 43.2 Å². The fraction of sp³-hybridized carbons (Fsp3) is 0.533. The Morgan fingerprint density at radius 3 is 2.94 bits per heavy atom. The Morgan fingerprint density at radius 1 is 1.50 bits per heavy atom. The van der Waals surface area contributed by atoms with Crippen LogP contribution in [0.1, 0.15) is 37.3 Å². The van der Waals surface area contributed by atoms with Gasteiger partial charge in [0.1, 0.15) is 0 Å². The highest BCUT2D eigenvalue weighted by Crippen LogP contribution is 2.36. The van der Waals surface area contributed by atoms with Crippen molar-refractivity contribution >= 4 is 5.69 Å². The maximum absolute atomic E-state index is 9.20. The summed E-state index contributed by atoms with van der Waals surface area (Å²) in [5.74, 6) is 0.469. The Morgan fingerprint density at radius 2 is 2.28 bits per heavy atom. The molecule has 1 aliphatic heterocycles. The van der Waals surface area contributed by atoms with Crippen LogP contribution in [0.15, 0.2) is 18.2 Å². The van der Waals surface area contributed by atoms with E-state index in [1.165, 1.54) is 5.56 Å². The molecule has 0 saturated carbocycles. The number of rotatable bonds is 4. The van der Waals surface area contributed by atoms with Gasteiger partial charge in [-0.05, 0) is 51.6 Å². The van der Waals surface area contributed by atoms with Gasteiger partial charge >= 0.3 is 0 Å². The van der Waals surface area contributed by atoms with Crippen LogP contribution in [-0.2, 0) is 0 Å². The summed E-state index contributed by atoms with van der Waals surface area (Å²) in [5.41, 5.74) is 3.19. The van der Waals surface area contributed by atoms with Crippen LogP contribution in [0.4, 0.5) is 5.69 Å². The minimum absolute atomic E-state index is 0.469. The molecular weight excluding hydrogens is 222 g/mol. The second kappa shape index (κ2) is 5.41. The van der Waals surface area contributed by atoms with Gasteiger partial charge in [0.05, 0.1) is 11.6 Å². The third-order valence-electron chi connectivity index (χ3n) is 3.89. The Labute approximate surface area is 109 Å². The van der Waals surface area contributed by atoms with E-state index in [4.69, 9.17) is 0 Å². The molecule has 0 saturated heterocycles. The first-order valence-electron chi connectivity index (χ1n) is 6.60. The van der Waals surface area contributed by atoms with Crippen LogP contribution in [0.3, 0.4) is 0 Å². The molecule has 1 heterocycles. The van der Waals surface area contributed by atoms with E-state index in [-0.39, 0.29) is 0 Å². The number of benzene rings is 1. The highest BCUT2D eigenvalue weighted by atomic mass is 15.1. The average molecular weight is 243 g/mol. The van der Waals surface area contributed by atoms with Crippen LogP contribution < -0.4 is 5.32 Å². The summed E-state index contributed by atoms with van der Waals surface area (Å²) < 4.78 is 0. The lowest BCUT2D eigenvalue weighted by Gasteiger charge is -2.22. The lowest BCUT2D eigenvalue weighted by Crippen LogP contribution is -2.28. The van der Waals surface area contributed by atoms with Crippen molar-refractivity contribution in [3.8, 4) is 6.07 Å². The molecule has 0 fully saturated rings. The fourth-order valence-electron chi connectivity index (χ4n) is 2.46. The minimum atomic E-state index is 0.469. The third-order valence-corrected chi connectivity index (χ3v) is 3.89. The Balaban J connectivity index is 2.10. The van der Waals surface area contributed by atoms with Crippen molar-refractivity contribution in [2.45, 2.75) is 32.2 Å². The lowest BCUT2D eigenvalue weighted by molar-refractivity contribution is 0.264. The fourth-order valence-corrected chi connectivity index (χ4v) is 2.46. The highest BCUT2D eigenvalue weighted by molar-refractivity contribution is 5.63. The monoisotopic (exact) mass is 243 g/mol. The number of nitriles is 1. The summed E-state index contributed by atoms with van der Waals surface area (Å²) in [6, 6.07) is 8.83. The molecule has 1 aromatic carbocycles. The van der Waals surface area contributed by atoms with E-state index in [0.717, 1.165) is 30.8 Å². The highest BCUT2D eigenvalue weighted by Gasteiger charge is 2.25. The first kappa shape index (κ1) is 12.9. The van der Waals surface area contributed by atoms with Gasteiger partial charge in [-0.2, -0.15) is 5.26 Å². The molecule has 18 heavy (non-hydrogen) atoms. The van der Waals surface area contributed by atoms with E-state index >= 15 is 0 Å². The van der Waals surface area contributed by atoms with Crippen molar-refractivity contribution in [1.82, 2.24) is 4.90 Å². The maximum atomic E-state index is 9.20. The second-order valence-electron chi connectivity index (χ2n) is 5.32. The molecule has 0 spiro atoms. The molecule has 3 nitrogen and oxygen atoms in total. The molecule has 1 N–H and O–H groups in total. The summed E-state index contributed by atoms with van der Waals surface area (Å²) in [5, 5.41) is 12.6. The topological polar surface area (TPSA) is 39.1 Å². The number of fused-ring (bicyclic) bond motifs is 1. The molecule has 1 aromatic rings. The van der Waals surface area contributed by atoms with Gasteiger partial charge in [0.25, 0.3) is 0 Å². The molecular formula is C15H21N3. The molecule has 0 aromatic heterocycles. The Bertz CT molecular complexity index is 459. The first-order chi connectivity index (χ1) is 8.63. The average Bonchev–Trinajstić information content (AvgIpc) is 2.78. The van der Waals surface area contributed by atoms with Crippen LogP contribution in [0.5, 0.6) is 0 Å². The number of hydrogen-bond donors (Lipinski definition) is 1. The summed E-state index contributed by atoms with van der Waals surface area (Å²) >= 11 is 0. The quantitative estimate of drug-likeness (QED) is 0.883. The Kier molecular flexibility index (Phi) is 3.88. The van der Waals surface area contributed by atoms with Gasteiger partial charge in [-0.3, -0.25) is 0 Å². The van der Waals surface area contributed by atoms with Crippen LogP contribution in [0, 0.1) is 11.3 Å². The molecule has 3 heteroatoms. The maximum Gasteiger partial charge on any atom is 0.0995 e. The molecule has 0 aliphatic carbocycles. The molecule has 0 unspecified atom stereocenters. The standard InChI is InChI=1S/C15H21N3/c1-11(2)18(3)8-7-13-10-17-14-6-4-5-12(9-16)15(13)14/h4-6,11,13,17H,7-8,10H2,1-3H3/t13-/m0/s1. The molecule has 0 bridgehead atoms. The van der Waals surface area contributed by atoms with Crippen LogP contribution in [0.2, 0.25) is 0 Å². The summed E-state index contributed by atoms with van der Waals surface area (Å²) in [7, 11) is 2.16. The molecule has 0 amide bonds. The van der Waals surface area contributed by atoms with E-state index in [1.54, 1.807) is 0 Å². The van der Waals surface area contributed by atoms with Gasteiger partial charge in [-0.1, -0.05) is 6.07 Å². The van der Waals surface area contributed by atoms with Gasteiger partial charge in [0.2, 0.25) is 0 Å². The zero-order valence-corrected chi connectivity index (χ0v) is 11.4. The molecule has 1 atom stereocenters. The van der Waals surface area contributed by atoms with E-state index < -0.39 is 0 Å². The van der Waals surface area contributed by atoms with Crippen molar-refractivity contribution in [3.63, 3.8) is 0 Å². The lowest BCUT2D eigenvalue weighted by atomic mass is 9.93. The molecule has 2 rings (SSSR count). The van der Waals surface area contributed by atoms with Gasteiger partial charge < -0.3 is 10.2 Å². The van der Waals surface area contributed by atoms with Crippen molar-refractivity contribution in [2.24, 2.45) is 0 Å². The predicted molar refractivity (Wildman–Crippen MR) is 74.8 cm³/mol. The summed E-state index contributed by atoms with van der Waals surface area (Å²) in [6.45, 7) is 6.45. The van der Waals surface area contributed by atoms with E-state index in [0.29, 0.717) is 12.0 Å². The number of nitrogens with one attached hydrogen (secondary N) is 1. The van der Waals surface area contributed by atoms with Crippen molar-refractivity contribution in [3.05, 3.63) is 29.3 Å². The first-order valence-corrected chi connectivity index (χ1v) is 6.60. The SMILES string of the molecule is CC(C)N(C)CC[C@H]1CNc2cccc(C#N)c21. The minimum Gasteiger partial charge on any atom is -0.384 e. The Hall–Kier alpha value is -1.53. The third kappa shape index (κ3) is 2.49. The van der Waals surface area contributed by atoms with Gasteiger partial charge in [0.15, 0.2) is 0 Å². The molecule has 96 valence electrons. The summed E-state index contributed by atoms with van der Waals surface area (Å²) in [6.07, 6.45) is 1.10. The smallest absolute Gasteiger partial charge is 0.0995 e. The van der Waals surface area contributed by atoms with Crippen LogP contribution in [0.25, 0.3) is 0 Å². The van der Waals surface area contributed by atoms with Crippen LogP contribution >= 0.6 is 0 Å².